The van der Waals surface area contributed by atoms with Crippen molar-refractivity contribution in [1.29, 1.82) is 0 Å². The van der Waals surface area contributed by atoms with Crippen molar-refractivity contribution in [2.45, 2.75) is 207 Å². The van der Waals surface area contributed by atoms with Gasteiger partial charge in [-0.2, -0.15) is 0 Å². The molecule has 1 atom stereocenters. The summed E-state index contributed by atoms with van der Waals surface area (Å²) in [5, 5.41) is 0. The van der Waals surface area contributed by atoms with Gasteiger partial charge in [0, 0.05) is 19.3 Å². The van der Waals surface area contributed by atoms with Gasteiger partial charge >= 0.3 is 17.9 Å². The van der Waals surface area contributed by atoms with E-state index in [0.29, 0.717) is 19.3 Å². The van der Waals surface area contributed by atoms with Gasteiger partial charge in [0.15, 0.2) is 6.10 Å². The van der Waals surface area contributed by atoms with Crippen molar-refractivity contribution in [3.05, 3.63) is 146 Å². The molecule has 0 saturated heterocycles. The Balaban J connectivity index is 4.55. The molecule has 0 aromatic carbocycles. The van der Waals surface area contributed by atoms with Crippen molar-refractivity contribution in [1.82, 2.24) is 0 Å². The summed E-state index contributed by atoms with van der Waals surface area (Å²) < 4.78 is 16.7. The minimum Gasteiger partial charge on any atom is -0.462 e. The van der Waals surface area contributed by atoms with Crippen LogP contribution in [0.4, 0.5) is 0 Å². The van der Waals surface area contributed by atoms with E-state index in [9.17, 15) is 14.4 Å². The van der Waals surface area contributed by atoms with E-state index in [1.807, 2.05) is 6.08 Å². The first-order valence-corrected chi connectivity index (χ1v) is 26.4. The van der Waals surface area contributed by atoms with Gasteiger partial charge < -0.3 is 14.2 Å². The molecular formula is C61H94O6. The Morgan fingerprint density at radius 3 is 1.04 bits per heavy atom. The van der Waals surface area contributed by atoms with Gasteiger partial charge in [0.1, 0.15) is 13.2 Å². The van der Waals surface area contributed by atoms with E-state index >= 15 is 0 Å². The van der Waals surface area contributed by atoms with Crippen LogP contribution in [0.1, 0.15) is 201 Å². The summed E-state index contributed by atoms with van der Waals surface area (Å²) in [5.74, 6) is -1.03. The molecule has 0 amide bonds. The molecule has 1 unspecified atom stereocenters. The van der Waals surface area contributed by atoms with Crippen molar-refractivity contribution in [2.24, 2.45) is 0 Å². The maximum absolute atomic E-state index is 12.8. The molecule has 0 radical (unpaired) electrons. The second-order valence-electron chi connectivity index (χ2n) is 16.7. The van der Waals surface area contributed by atoms with Crippen LogP contribution in [0.25, 0.3) is 0 Å². The number of rotatable bonds is 45. The maximum atomic E-state index is 12.8. The second-order valence-corrected chi connectivity index (χ2v) is 16.7. The normalized spacial score (nSPS) is 13.3. The highest BCUT2D eigenvalue weighted by Gasteiger charge is 2.19. The van der Waals surface area contributed by atoms with Gasteiger partial charge in [-0.05, 0) is 116 Å². The Labute approximate surface area is 410 Å². The zero-order valence-electron chi connectivity index (χ0n) is 42.6. The average molecular weight is 923 g/mol. The predicted molar refractivity (Wildman–Crippen MR) is 288 cm³/mol. The first-order chi connectivity index (χ1) is 33.0. The Morgan fingerprint density at radius 2 is 0.627 bits per heavy atom. The van der Waals surface area contributed by atoms with Gasteiger partial charge in [0.05, 0.1) is 0 Å². The van der Waals surface area contributed by atoms with E-state index in [4.69, 9.17) is 14.2 Å². The monoisotopic (exact) mass is 923 g/mol. The molecule has 374 valence electrons. The quantitative estimate of drug-likeness (QED) is 0.0199. The third-order valence-electron chi connectivity index (χ3n) is 10.4. The molecule has 0 spiro atoms. The molecule has 0 fully saturated rings. The van der Waals surface area contributed by atoms with E-state index in [2.05, 4.69) is 161 Å². The number of esters is 3. The zero-order chi connectivity index (χ0) is 48.6. The summed E-state index contributed by atoms with van der Waals surface area (Å²) in [5.41, 5.74) is 0. The number of hydrogen-bond donors (Lipinski definition) is 0. The van der Waals surface area contributed by atoms with Gasteiger partial charge in [-0.3, -0.25) is 14.4 Å². The lowest BCUT2D eigenvalue weighted by Gasteiger charge is -2.18. The van der Waals surface area contributed by atoms with Crippen LogP contribution in [0.5, 0.6) is 0 Å². The molecule has 0 rings (SSSR count). The first-order valence-electron chi connectivity index (χ1n) is 26.4. The molecule has 0 aromatic heterocycles. The van der Waals surface area contributed by atoms with Gasteiger partial charge in [-0.25, -0.2) is 0 Å². The zero-order valence-corrected chi connectivity index (χ0v) is 42.6. The molecule has 0 aliphatic heterocycles. The van der Waals surface area contributed by atoms with Crippen LogP contribution in [-0.4, -0.2) is 37.2 Å². The topological polar surface area (TPSA) is 78.9 Å². The van der Waals surface area contributed by atoms with Crippen molar-refractivity contribution < 1.29 is 28.6 Å². The molecule has 0 heterocycles. The third-order valence-corrected chi connectivity index (χ3v) is 10.4. The SMILES string of the molecule is CC\C=C/C=C\C=C/CCCCCCCC(=O)OCC(COC(=O)CCCCCCCC/C=C\C/C=C\C/C=C\C/C=C\CC)OC(=O)CCC/C=C\C/C=C\C/C=C\C/C=C\C/C=C\CC. The first kappa shape index (κ1) is 62.3. The van der Waals surface area contributed by atoms with E-state index in [0.717, 1.165) is 141 Å². The largest absolute Gasteiger partial charge is 0.462 e. The van der Waals surface area contributed by atoms with Crippen LogP contribution in [0.2, 0.25) is 0 Å². The molecule has 0 N–H and O–H groups in total. The van der Waals surface area contributed by atoms with Gasteiger partial charge in [0.2, 0.25) is 0 Å². The number of carbonyl (C=O) groups is 3. The molecular weight excluding hydrogens is 829 g/mol. The van der Waals surface area contributed by atoms with Crippen LogP contribution >= 0.6 is 0 Å². The fourth-order valence-electron chi connectivity index (χ4n) is 6.53. The fraction of sp³-hybridized carbons (Fsp3) is 0.557. The molecule has 6 nitrogen and oxygen atoms in total. The molecule has 67 heavy (non-hydrogen) atoms. The minimum atomic E-state index is -0.829. The molecule has 0 aliphatic carbocycles. The standard InChI is InChI=1S/C61H94O6/c1-4-7-10-13-16-19-22-25-27-29-30-32-33-36-39-42-45-48-51-54-60(63)66-57-58(56-65-59(62)53-50-47-44-41-38-35-24-21-18-15-12-9-6-3)67-61(64)55-52-49-46-43-40-37-34-31-28-26-23-20-17-14-11-8-5-2/h7-12,15-21,24-28,30,32,34,37,43,46,58H,4-6,13-14,22-23,29,31,33,35-36,38-42,44-45,47-57H2,1-3H3/b10-7-,11-8-,12-9-,18-15-,19-16-,20-17-,24-21-,27-25-,28-26-,32-30-,37-34-,46-43-. The molecule has 0 aliphatic rings. The third kappa shape index (κ3) is 52.1. The van der Waals surface area contributed by atoms with Gasteiger partial charge in [0.25, 0.3) is 0 Å². The summed E-state index contributed by atoms with van der Waals surface area (Å²) >= 11 is 0. The number of hydrogen-bond acceptors (Lipinski definition) is 6. The number of ether oxygens (including phenoxy) is 3. The summed E-state index contributed by atoms with van der Waals surface area (Å²) in [6.45, 7) is 6.18. The summed E-state index contributed by atoms with van der Waals surface area (Å²) in [7, 11) is 0. The highest BCUT2D eigenvalue weighted by Crippen LogP contribution is 2.12. The Kier molecular flexibility index (Phi) is 50.1. The van der Waals surface area contributed by atoms with Crippen LogP contribution in [0.3, 0.4) is 0 Å². The number of unbranched alkanes of at least 4 members (excludes halogenated alkanes) is 12. The van der Waals surface area contributed by atoms with Crippen LogP contribution in [-0.2, 0) is 28.6 Å². The Morgan fingerprint density at radius 1 is 0.313 bits per heavy atom. The lowest BCUT2D eigenvalue weighted by molar-refractivity contribution is -0.167. The van der Waals surface area contributed by atoms with Crippen LogP contribution in [0, 0.1) is 0 Å². The Bertz CT molecular complexity index is 1530. The number of allylic oxidation sites excluding steroid dienone is 24. The van der Waals surface area contributed by atoms with Crippen LogP contribution in [0.15, 0.2) is 146 Å². The minimum absolute atomic E-state index is 0.121. The number of carbonyl (C=O) groups excluding carboxylic acids is 3. The smallest absolute Gasteiger partial charge is 0.306 e. The highest BCUT2D eigenvalue weighted by atomic mass is 16.6. The van der Waals surface area contributed by atoms with E-state index in [1.54, 1.807) is 0 Å². The van der Waals surface area contributed by atoms with Gasteiger partial charge in [-0.1, -0.05) is 212 Å². The lowest BCUT2D eigenvalue weighted by atomic mass is 10.1. The maximum Gasteiger partial charge on any atom is 0.306 e. The molecule has 0 aromatic rings. The fourth-order valence-corrected chi connectivity index (χ4v) is 6.53. The van der Waals surface area contributed by atoms with Crippen molar-refractivity contribution in [3.63, 3.8) is 0 Å². The average Bonchev–Trinajstić information content (AvgIpc) is 3.33. The molecule has 0 bridgehead atoms. The highest BCUT2D eigenvalue weighted by molar-refractivity contribution is 5.71. The lowest BCUT2D eigenvalue weighted by Crippen LogP contribution is -2.30. The predicted octanol–water partition coefficient (Wildman–Crippen LogP) is 17.6. The Hall–Kier alpha value is -4.71. The van der Waals surface area contributed by atoms with E-state index in [-0.39, 0.29) is 37.5 Å². The van der Waals surface area contributed by atoms with E-state index in [1.165, 1.54) is 12.8 Å². The van der Waals surface area contributed by atoms with Crippen molar-refractivity contribution >= 4 is 17.9 Å². The second kappa shape index (κ2) is 53.9. The van der Waals surface area contributed by atoms with E-state index < -0.39 is 6.10 Å². The van der Waals surface area contributed by atoms with Crippen molar-refractivity contribution in [3.8, 4) is 0 Å². The molecule has 6 heteroatoms. The summed E-state index contributed by atoms with van der Waals surface area (Å²) in [6, 6.07) is 0. The van der Waals surface area contributed by atoms with Crippen molar-refractivity contribution in [2.75, 3.05) is 13.2 Å². The summed E-state index contributed by atoms with van der Waals surface area (Å²) in [6.07, 6.45) is 76.9. The molecule has 0 saturated carbocycles. The summed E-state index contributed by atoms with van der Waals surface area (Å²) in [4.78, 5) is 38.0. The van der Waals surface area contributed by atoms with Crippen LogP contribution < -0.4 is 0 Å². The van der Waals surface area contributed by atoms with Gasteiger partial charge in [-0.15, -0.1) is 0 Å².